The number of methoxy groups -OCH3 is 1. The van der Waals surface area contributed by atoms with Crippen LogP contribution < -0.4 is 10.5 Å². The predicted octanol–water partition coefficient (Wildman–Crippen LogP) is 2.84. The van der Waals surface area contributed by atoms with Gasteiger partial charge in [0.05, 0.1) is 23.5 Å². The summed E-state index contributed by atoms with van der Waals surface area (Å²) in [4.78, 5) is 14.8. The Morgan fingerprint density at radius 3 is 2.65 bits per heavy atom. The number of hydrogen-bond donors (Lipinski definition) is 2. The van der Waals surface area contributed by atoms with Crippen molar-refractivity contribution in [3.8, 4) is 23.1 Å². The highest BCUT2D eigenvalue weighted by Crippen LogP contribution is 2.35. The Morgan fingerprint density at radius 1 is 1.48 bits per heavy atom. The number of aromatic carboxylic acids is 1. The van der Waals surface area contributed by atoms with Gasteiger partial charge in [-0.05, 0) is 12.1 Å². The summed E-state index contributed by atoms with van der Waals surface area (Å²) in [5.74, 6) is -4.22. The van der Waals surface area contributed by atoms with E-state index < -0.39 is 40.2 Å². The molecule has 0 saturated carbocycles. The molecule has 1 aromatic carbocycles. The highest BCUT2D eigenvalue weighted by molar-refractivity contribution is 6.35. The zero-order valence-corrected chi connectivity index (χ0v) is 12.3. The number of nitrogen functional groups attached to an aromatic ring is 1. The molecule has 0 spiro atoms. The minimum Gasteiger partial charge on any atom is -0.492 e. The van der Waals surface area contributed by atoms with Crippen LogP contribution in [0.4, 0.5) is 14.5 Å². The Hall–Kier alpha value is -2.92. The van der Waals surface area contributed by atoms with Gasteiger partial charge in [-0.3, -0.25) is 0 Å². The Labute approximate surface area is 133 Å². The average Bonchev–Trinajstić information content (AvgIpc) is 2.50. The standard InChI is InChI=1S/C14H8ClF2N3O3/c1-23-13-6(4-18)7(16)2-5(11(13)17)9-3-8(19)10(15)12(20-9)14(21)22/h2-3H,1H3,(H2,19,20)(H,21,22). The van der Waals surface area contributed by atoms with Crippen molar-refractivity contribution in [3.05, 3.63) is 40.0 Å². The van der Waals surface area contributed by atoms with Crippen LogP contribution in [0.5, 0.6) is 5.75 Å². The SMILES string of the molecule is COc1c(F)c(-c2cc(N)c(Cl)c(C(=O)O)n2)cc(F)c1C#N. The van der Waals surface area contributed by atoms with Crippen LogP contribution in [0.3, 0.4) is 0 Å². The third-order valence-corrected chi connectivity index (χ3v) is 3.35. The van der Waals surface area contributed by atoms with Crippen molar-refractivity contribution in [3.63, 3.8) is 0 Å². The Morgan fingerprint density at radius 2 is 2.13 bits per heavy atom. The van der Waals surface area contributed by atoms with Crippen LogP contribution >= 0.6 is 11.6 Å². The molecule has 0 aliphatic rings. The summed E-state index contributed by atoms with van der Waals surface area (Å²) < 4.78 is 33.1. The summed E-state index contributed by atoms with van der Waals surface area (Å²) in [5.41, 5.74) is 3.51. The highest BCUT2D eigenvalue weighted by atomic mass is 35.5. The monoisotopic (exact) mass is 339 g/mol. The molecule has 0 aliphatic heterocycles. The molecule has 9 heteroatoms. The molecule has 0 saturated heterocycles. The van der Waals surface area contributed by atoms with E-state index in [0.29, 0.717) is 6.07 Å². The lowest BCUT2D eigenvalue weighted by atomic mass is 10.0. The second kappa shape index (κ2) is 6.06. The highest BCUT2D eigenvalue weighted by Gasteiger charge is 2.23. The van der Waals surface area contributed by atoms with Crippen LogP contribution in [0.1, 0.15) is 16.1 Å². The van der Waals surface area contributed by atoms with Gasteiger partial charge in [-0.25, -0.2) is 18.6 Å². The van der Waals surface area contributed by atoms with Crippen LogP contribution in [-0.2, 0) is 0 Å². The van der Waals surface area contributed by atoms with E-state index in [1.54, 1.807) is 0 Å². The largest absolute Gasteiger partial charge is 0.492 e. The maximum atomic E-state index is 14.4. The minimum atomic E-state index is -1.48. The average molecular weight is 340 g/mol. The van der Waals surface area contributed by atoms with Crippen LogP contribution in [0, 0.1) is 23.0 Å². The van der Waals surface area contributed by atoms with E-state index in [1.807, 2.05) is 0 Å². The molecule has 2 aromatic rings. The van der Waals surface area contributed by atoms with Crippen LogP contribution in [0.2, 0.25) is 5.02 Å². The normalized spacial score (nSPS) is 10.2. The number of anilines is 1. The van der Waals surface area contributed by atoms with E-state index in [4.69, 9.17) is 32.4 Å². The molecule has 1 heterocycles. The molecule has 23 heavy (non-hydrogen) atoms. The number of carboxylic acid groups (broad SMARTS) is 1. The number of ether oxygens (including phenoxy) is 1. The van der Waals surface area contributed by atoms with Crippen LogP contribution in [-0.4, -0.2) is 23.2 Å². The lowest BCUT2D eigenvalue weighted by molar-refractivity contribution is 0.0691. The molecule has 3 N–H and O–H groups in total. The molecular formula is C14H8ClF2N3O3. The molecule has 0 atom stereocenters. The molecule has 6 nitrogen and oxygen atoms in total. The van der Waals surface area contributed by atoms with Gasteiger partial charge in [0, 0.05) is 5.56 Å². The fraction of sp³-hybridized carbons (Fsp3) is 0.0714. The first-order valence-corrected chi connectivity index (χ1v) is 6.35. The van der Waals surface area contributed by atoms with Gasteiger partial charge in [-0.15, -0.1) is 0 Å². The molecule has 0 amide bonds. The molecule has 0 bridgehead atoms. The van der Waals surface area contributed by atoms with Gasteiger partial charge < -0.3 is 15.6 Å². The number of hydrogen-bond acceptors (Lipinski definition) is 5. The number of nitriles is 1. The molecule has 0 unspecified atom stereocenters. The quantitative estimate of drug-likeness (QED) is 0.889. The predicted molar refractivity (Wildman–Crippen MR) is 77.2 cm³/mol. The zero-order chi connectivity index (χ0) is 17.3. The summed E-state index contributed by atoms with van der Waals surface area (Å²) in [5, 5.41) is 17.6. The minimum absolute atomic E-state index is 0.169. The number of rotatable bonds is 3. The second-order valence-corrected chi connectivity index (χ2v) is 4.68. The Balaban J connectivity index is 2.81. The number of nitrogens with two attached hydrogens (primary N) is 1. The number of pyridine rings is 1. The van der Waals surface area contributed by atoms with Crippen molar-refractivity contribution in [2.45, 2.75) is 0 Å². The summed E-state index contributed by atoms with van der Waals surface area (Å²) in [6.07, 6.45) is 0. The van der Waals surface area contributed by atoms with E-state index in [0.717, 1.165) is 13.2 Å². The lowest BCUT2D eigenvalue weighted by Gasteiger charge is -2.11. The zero-order valence-electron chi connectivity index (χ0n) is 11.5. The van der Waals surface area contributed by atoms with Crippen molar-refractivity contribution in [2.75, 3.05) is 12.8 Å². The maximum Gasteiger partial charge on any atom is 0.356 e. The summed E-state index contributed by atoms with van der Waals surface area (Å²) in [6.45, 7) is 0. The second-order valence-electron chi connectivity index (χ2n) is 4.30. The van der Waals surface area contributed by atoms with Gasteiger partial charge in [-0.2, -0.15) is 5.26 Å². The van der Waals surface area contributed by atoms with Gasteiger partial charge in [0.25, 0.3) is 0 Å². The Bertz CT molecular complexity index is 866. The number of carbonyl (C=O) groups is 1. The third kappa shape index (κ3) is 2.74. The first-order valence-electron chi connectivity index (χ1n) is 5.97. The summed E-state index contributed by atoms with van der Waals surface area (Å²) >= 11 is 5.72. The van der Waals surface area contributed by atoms with Gasteiger partial charge in [0.2, 0.25) is 0 Å². The fourth-order valence-corrected chi connectivity index (χ4v) is 2.09. The third-order valence-electron chi connectivity index (χ3n) is 2.95. The van der Waals surface area contributed by atoms with E-state index in [-0.39, 0.29) is 16.4 Å². The van der Waals surface area contributed by atoms with Crippen molar-refractivity contribution in [2.24, 2.45) is 0 Å². The topological polar surface area (TPSA) is 109 Å². The number of aromatic nitrogens is 1. The molecule has 0 fully saturated rings. The molecule has 0 aliphatic carbocycles. The van der Waals surface area contributed by atoms with Gasteiger partial charge in [-0.1, -0.05) is 11.6 Å². The molecule has 0 radical (unpaired) electrons. The fourth-order valence-electron chi connectivity index (χ4n) is 1.91. The van der Waals surface area contributed by atoms with Gasteiger partial charge in [0.15, 0.2) is 17.3 Å². The number of carboxylic acids is 1. The lowest BCUT2D eigenvalue weighted by Crippen LogP contribution is -2.06. The Kier molecular flexibility index (Phi) is 4.33. The molecular weight excluding hydrogens is 332 g/mol. The van der Waals surface area contributed by atoms with E-state index in [2.05, 4.69) is 4.98 Å². The van der Waals surface area contributed by atoms with Crippen molar-refractivity contribution in [1.82, 2.24) is 4.98 Å². The number of halogens is 3. The first-order chi connectivity index (χ1) is 10.8. The van der Waals surface area contributed by atoms with Crippen LogP contribution in [0.25, 0.3) is 11.3 Å². The summed E-state index contributed by atoms with van der Waals surface area (Å²) in [7, 11) is 1.06. The smallest absolute Gasteiger partial charge is 0.356 e. The van der Waals surface area contributed by atoms with Gasteiger partial charge in [0.1, 0.15) is 17.4 Å². The molecule has 118 valence electrons. The molecule has 2 rings (SSSR count). The van der Waals surface area contributed by atoms with E-state index in [1.165, 1.54) is 6.07 Å². The number of benzene rings is 1. The van der Waals surface area contributed by atoms with Crippen LogP contribution in [0.15, 0.2) is 12.1 Å². The van der Waals surface area contributed by atoms with Crippen molar-refractivity contribution < 1.29 is 23.4 Å². The van der Waals surface area contributed by atoms with E-state index >= 15 is 0 Å². The first kappa shape index (κ1) is 16.5. The number of nitrogens with zero attached hydrogens (tertiary/aromatic N) is 2. The van der Waals surface area contributed by atoms with E-state index in [9.17, 15) is 13.6 Å². The van der Waals surface area contributed by atoms with Crippen molar-refractivity contribution in [1.29, 1.82) is 5.26 Å². The van der Waals surface area contributed by atoms with Crippen molar-refractivity contribution >= 4 is 23.3 Å². The maximum absolute atomic E-state index is 14.4. The summed E-state index contributed by atoms with van der Waals surface area (Å²) in [6, 6.07) is 3.29. The molecule has 1 aromatic heterocycles. The van der Waals surface area contributed by atoms with Gasteiger partial charge >= 0.3 is 5.97 Å².